The van der Waals surface area contributed by atoms with Gasteiger partial charge < -0.3 is 0 Å². The lowest BCUT2D eigenvalue weighted by molar-refractivity contribution is 0.599. The number of nitrogens with zero attached hydrogens (tertiary/aromatic N) is 1. The van der Waals surface area contributed by atoms with Gasteiger partial charge in [-0.25, -0.2) is 0 Å². The van der Waals surface area contributed by atoms with Crippen molar-refractivity contribution in [3.8, 4) is 6.07 Å². The molecule has 1 rings (SSSR count). The highest BCUT2D eigenvalue weighted by Gasteiger charge is 2.42. The Labute approximate surface area is 92.8 Å². The largest absolute Gasteiger partial charge is 0.198 e. The van der Waals surface area contributed by atoms with E-state index in [9.17, 15) is 0 Å². The molecule has 0 spiro atoms. The van der Waals surface area contributed by atoms with Gasteiger partial charge in [-0.2, -0.15) is 5.26 Å². The predicted molar refractivity (Wildman–Crippen MR) is 64.2 cm³/mol. The molecule has 0 N–H and O–H groups in total. The minimum Gasteiger partial charge on any atom is -0.198 e. The van der Waals surface area contributed by atoms with Crippen LogP contribution in [0.15, 0.2) is 36.0 Å². The van der Waals surface area contributed by atoms with Crippen molar-refractivity contribution in [3.63, 3.8) is 0 Å². The summed E-state index contributed by atoms with van der Waals surface area (Å²) in [6.07, 6.45) is 6.11. The molecule has 0 aromatic carbocycles. The Morgan fingerprint density at radius 3 is 2.40 bits per heavy atom. The first-order chi connectivity index (χ1) is 6.99. The fourth-order valence-electron chi connectivity index (χ4n) is 1.47. The van der Waals surface area contributed by atoms with Crippen LogP contribution in [0.2, 0.25) is 0 Å². The standard InChI is InChI=1S/C14H19N/c1-11(2)13(4)9-12(3)5-6-14(10-15)7-8-14/h9H,1,3,5-8H2,2,4H3/b13-9-. The van der Waals surface area contributed by atoms with Crippen LogP contribution in [0, 0.1) is 16.7 Å². The van der Waals surface area contributed by atoms with Gasteiger partial charge in [-0.1, -0.05) is 30.4 Å². The van der Waals surface area contributed by atoms with Crippen molar-refractivity contribution in [2.45, 2.75) is 39.5 Å². The summed E-state index contributed by atoms with van der Waals surface area (Å²) in [6, 6.07) is 2.40. The molecule has 1 heteroatoms. The number of rotatable bonds is 5. The third kappa shape index (κ3) is 3.40. The molecular formula is C14H19N. The zero-order chi connectivity index (χ0) is 11.5. The molecule has 0 aromatic heterocycles. The van der Waals surface area contributed by atoms with E-state index >= 15 is 0 Å². The predicted octanol–water partition coefficient (Wildman–Crippen LogP) is 4.15. The average molecular weight is 201 g/mol. The molecule has 1 aliphatic rings. The highest BCUT2D eigenvalue weighted by molar-refractivity contribution is 5.32. The van der Waals surface area contributed by atoms with Gasteiger partial charge in [0.25, 0.3) is 0 Å². The van der Waals surface area contributed by atoms with Gasteiger partial charge in [0.1, 0.15) is 0 Å². The molecule has 15 heavy (non-hydrogen) atoms. The third-order valence-corrected chi connectivity index (χ3v) is 3.11. The normalized spacial score (nSPS) is 18.1. The van der Waals surface area contributed by atoms with Crippen molar-refractivity contribution >= 4 is 0 Å². The van der Waals surface area contributed by atoms with E-state index < -0.39 is 0 Å². The molecule has 1 nitrogen and oxygen atoms in total. The maximum absolute atomic E-state index is 8.93. The fraction of sp³-hybridized carbons (Fsp3) is 0.500. The summed E-state index contributed by atoms with van der Waals surface area (Å²) >= 11 is 0. The zero-order valence-electron chi connectivity index (χ0n) is 9.77. The number of allylic oxidation sites excluding steroid dienone is 4. The van der Waals surface area contributed by atoms with Crippen LogP contribution in [-0.2, 0) is 0 Å². The highest BCUT2D eigenvalue weighted by atomic mass is 14.5. The van der Waals surface area contributed by atoms with Gasteiger partial charge in [-0.05, 0) is 45.1 Å². The van der Waals surface area contributed by atoms with Gasteiger partial charge >= 0.3 is 0 Å². The molecule has 0 aliphatic heterocycles. The second kappa shape index (κ2) is 4.49. The Morgan fingerprint density at radius 2 is 2.00 bits per heavy atom. The van der Waals surface area contributed by atoms with Gasteiger partial charge in [0.2, 0.25) is 0 Å². The second-order valence-electron chi connectivity index (χ2n) is 4.66. The highest BCUT2D eigenvalue weighted by Crippen LogP contribution is 2.49. The Bertz CT molecular complexity index is 348. The molecule has 1 fully saturated rings. The molecule has 0 atom stereocenters. The topological polar surface area (TPSA) is 23.8 Å². The third-order valence-electron chi connectivity index (χ3n) is 3.11. The molecule has 0 amide bonds. The fourth-order valence-corrected chi connectivity index (χ4v) is 1.47. The van der Waals surface area contributed by atoms with Crippen LogP contribution in [0.4, 0.5) is 0 Å². The van der Waals surface area contributed by atoms with Crippen LogP contribution in [0.25, 0.3) is 0 Å². The minimum absolute atomic E-state index is 0.00604. The molecule has 0 radical (unpaired) electrons. The van der Waals surface area contributed by atoms with Crippen molar-refractivity contribution in [2.75, 3.05) is 0 Å². The van der Waals surface area contributed by atoms with Gasteiger partial charge in [0, 0.05) is 0 Å². The quantitative estimate of drug-likeness (QED) is 0.613. The van der Waals surface area contributed by atoms with Crippen molar-refractivity contribution in [1.82, 2.24) is 0 Å². The van der Waals surface area contributed by atoms with Gasteiger partial charge in [0.15, 0.2) is 0 Å². The molecule has 1 saturated carbocycles. The van der Waals surface area contributed by atoms with Crippen LogP contribution in [0.1, 0.15) is 39.5 Å². The monoisotopic (exact) mass is 201 g/mol. The van der Waals surface area contributed by atoms with E-state index in [4.69, 9.17) is 5.26 Å². The number of hydrogen-bond donors (Lipinski definition) is 0. The lowest BCUT2D eigenvalue weighted by Crippen LogP contribution is -1.96. The molecule has 0 heterocycles. The van der Waals surface area contributed by atoms with Crippen LogP contribution in [0.3, 0.4) is 0 Å². The first-order valence-corrected chi connectivity index (χ1v) is 5.42. The van der Waals surface area contributed by atoms with E-state index in [1.165, 1.54) is 5.57 Å². The number of nitriles is 1. The van der Waals surface area contributed by atoms with Crippen LogP contribution in [-0.4, -0.2) is 0 Å². The summed E-state index contributed by atoms with van der Waals surface area (Å²) in [5, 5.41) is 8.93. The molecule has 1 aliphatic carbocycles. The van der Waals surface area contributed by atoms with E-state index in [-0.39, 0.29) is 5.41 Å². The summed E-state index contributed by atoms with van der Waals surface area (Å²) in [7, 11) is 0. The molecule has 80 valence electrons. The Hall–Kier alpha value is -1.29. The Balaban J connectivity index is 2.41. The van der Waals surface area contributed by atoms with Crippen LogP contribution < -0.4 is 0 Å². The lowest BCUT2D eigenvalue weighted by atomic mass is 9.97. The van der Waals surface area contributed by atoms with Crippen molar-refractivity contribution in [2.24, 2.45) is 5.41 Å². The molecular weight excluding hydrogens is 182 g/mol. The zero-order valence-corrected chi connectivity index (χ0v) is 9.77. The lowest BCUT2D eigenvalue weighted by Gasteiger charge is -2.06. The van der Waals surface area contributed by atoms with Gasteiger partial charge in [0.05, 0.1) is 11.5 Å². The SMILES string of the molecule is C=C(/C=C(/C)C(=C)C)CCC1(C#N)CC1. The molecule has 0 bridgehead atoms. The van der Waals surface area contributed by atoms with Gasteiger partial charge in [-0.3, -0.25) is 0 Å². The summed E-state index contributed by atoms with van der Waals surface area (Å²) in [4.78, 5) is 0. The number of hydrogen-bond acceptors (Lipinski definition) is 1. The first-order valence-electron chi connectivity index (χ1n) is 5.42. The summed E-state index contributed by atoms with van der Waals surface area (Å²) < 4.78 is 0. The molecule has 0 saturated heterocycles. The Morgan fingerprint density at radius 1 is 1.40 bits per heavy atom. The first kappa shape index (κ1) is 11.8. The second-order valence-corrected chi connectivity index (χ2v) is 4.66. The van der Waals surface area contributed by atoms with Crippen molar-refractivity contribution < 1.29 is 0 Å². The maximum Gasteiger partial charge on any atom is 0.0689 e. The van der Waals surface area contributed by atoms with E-state index in [1.54, 1.807) is 0 Å². The van der Waals surface area contributed by atoms with E-state index in [0.29, 0.717) is 0 Å². The average Bonchev–Trinajstić information content (AvgIpc) is 2.95. The Kier molecular flexibility index (Phi) is 3.52. The summed E-state index contributed by atoms with van der Waals surface area (Å²) in [6.45, 7) is 11.9. The minimum atomic E-state index is -0.00604. The van der Waals surface area contributed by atoms with Crippen LogP contribution in [0.5, 0.6) is 0 Å². The van der Waals surface area contributed by atoms with E-state index in [0.717, 1.165) is 36.8 Å². The van der Waals surface area contributed by atoms with Crippen molar-refractivity contribution in [1.29, 1.82) is 5.26 Å². The summed E-state index contributed by atoms with van der Waals surface area (Å²) in [5.74, 6) is 0. The summed E-state index contributed by atoms with van der Waals surface area (Å²) in [5.41, 5.74) is 3.37. The van der Waals surface area contributed by atoms with E-state index in [2.05, 4.69) is 25.3 Å². The van der Waals surface area contributed by atoms with Crippen molar-refractivity contribution in [3.05, 3.63) is 36.0 Å². The maximum atomic E-state index is 8.93. The smallest absolute Gasteiger partial charge is 0.0689 e. The van der Waals surface area contributed by atoms with Crippen LogP contribution >= 0.6 is 0 Å². The van der Waals surface area contributed by atoms with Gasteiger partial charge in [-0.15, -0.1) is 0 Å². The molecule has 0 aromatic rings. The van der Waals surface area contributed by atoms with E-state index in [1.807, 2.05) is 13.8 Å². The molecule has 0 unspecified atom stereocenters.